The second kappa shape index (κ2) is 10.1. The average molecular weight is 479 g/mol. The summed E-state index contributed by atoms with van der Waals surface area (Å²) >= 11 is 0. The Morgan fingerprint density at radius 1 is 1.18 bits per heavy atom. The molecule has 3 heterocycles. The zero-order valence-corrected chi connectivity index (χ0v) is 19.1. The first kappa shape index (κ1) is 23.6. The highest BCUT2D eigenvalue weighted by atomic mass is 32.2. The topological polar surface area (TPSA) is 91.4 Å². The highest BCUT2D eigenvalue weighted by Gasteiger charge is 2.31. The van der Waals surface area contributed by atoms with Crippen molar-refractivity contribution < 1.29 is 22.0 Å². The molecule has 0 saturated carbocycles. The normalized spacial score (nSPS) is 19.2. The van der Waals surface area contributed by atoms with E-state index in [9.17, 15) is 22.0 Å². The number of unbranched alkanes of at least 4 members (excludes halogenated alkanes) is 1. The first-order valence-electron chi connectivity index (χ1n) is 11.3. The lowest BCUT2D eigenvalue weighted by molar-refractivity contribution is -0.121. The summed E-state index contributed by atoms with van der Waals surface area (Å²) in [5, 5.41) is 6.19. The SMILES string of the molecule is O=C(NCCCCC1CCN(S(=O)(=O)c2cc(F)ccc2F)CC1)C1Cc2cnccc2N1. The largest absolute Gasteiger partial charge is 0.373 e. The number of hydrogen-bond donors (Lipinski definition) is 2. The fourth-order valence-corrected chi connectivity index (χ4v) is 6.04. The molecule has 4 rings (SSSR count). The number of sulfonamides is 1. The van der Waals surface area contributed by atoms with Crippen LogP contribution in [0, 0.1) is 17.6 Å². The number of nitrogens with one attached hydrogen (secondary N) is 2. The van der Waals surface area contributed by atoms with E-state index in [2.05, 4.69) is 15.6 Å². The number of pyridine rings is 1. The van der Waals surface area contributed by atoms with E-state index in [1.54, 1.807) is 12.4 Å². The molecule has 10 heteroatoms. The van der Waals surface area contributed by atoms with Gasteiger partial charge >= 0.3 is 0 Å². The van der Waals surface area contributed by atoms with Gasteiger partial charge in [-0.3, -0.25) is 9.78 Å². The quantitative estimate of drug-likeness (QED) is 0.569. The van der Waals surface area contributed by atoms with E-state index in [0.29, 0.717) is 44.8 Å². The molecule has 0 spiro atoms. The van der Waals surface area contributed by atoms with Gasteiger partial charge < -0.3 is 10.6 Å². The van der Waals surface area contributed by atoms with Gasteiger partial charge in [-0.2, -0.15) is 4.31 Å². The standard InChI is InChI=1S/C23H28F2N4O3S/c24-18-4-5-19(25)22(14-18)33(31,32)29-11-7-16(8-12-29)3-1-2-9-27-23(30)21-13-17-15-26-10-6-20(17)28-21/h4-6,10,14-16,21,28H,1-3,7-9,11-13H2,(H,27,30). The fraction of sp³-hybridized carbons (Fsp3) is 0.478. The van der Waals surface area contributed by atoms with Gasteiger partial charge in [-0.15, -0.1) is 0 Å². The highest BCUT2D eigenvalue weighted by molar-refractivity contribution is 7.89. The van der Waals surface area contributed by atoms with Crippen LogP contribution in [-0.4, -0.2) is 49.3 Å². The van der Waals surface area contributed by atoms with Crippen molar-refractivity contribution in [1.82, 2.24) is 14.6 Å². The zero-order valence-electron chi connectivity index (χ0n) is 18.3. The molecule has 1 unspecified atom stereocenters. The minimum Gasteiger partial charge on any atom is -0.373 e. The second-order valence-electron chi connectivity index (χ2n) is 8.64. The molecule has 178 valence electrons. The van der Waals surface area contributed by atoms with Crippen molar-refractivity contribution in [3.63, 3.8) is 0 Å². The van der Waals surface area contributed by atoms with Crippen molar-refractivity contribution >= 4 is 21.6 Å². The molecule has 1 aromatic heterocycles. The Kier molecular flexibility index (Phi) is 7.23. The second-order valence-corrected chi connectivity index (χ2v) is 10.5. The molecule has 0 bridgehead atoms. The van der Waals surface area contributed by atoms with Crippen LogP contribution in [0.25, 0.3) is 0 Å². The van der Waals surface area contributed by atoms with E-state index < -0.39 is 26.6 Å². The Morgan fingerprint density at radius 2 is 1.97 bits per heavy atom. The Hall–Kier alpha value is -2.59. The van der Waals surface area contributed by atoms with Gasteiger partial charge in [0.15, 0.2) is 0 Å². The van der Waals surface area contributed by atoms with Gasteiger partial charge in [0.25, 0.3) is 0 Å². The van der Waals surface area contributed by atoms with Crippen LogP contribution in [0.4, 0.5) is 14.5 Å². The number of fused-ring (bicyclic) bond motifs is 1. The van der Waals surface area contributed by atoms with Gasteiger partial charge in [0.1, 0.15) is 22.6 Å². The molecule has 33 heavy (non-hydrogen) atoms. The van der Waals surface area contributed by atoms with Crippen LogP contribution < -0.4 is 10.6 Å². The van der Waals surface area contributed by atoms with Crippen LogP contribution in [0.1, 0.15) is 37.7 Å². The Morgan fingerprint density at radius 3 is 2.73 bits per heavy atom. The number of piperidine rings is 1. The maximum Gasteiger partial charge on any atom is 0.246 e. The number of rotatable bonds is 8. The lowest BCUT2D eigenvalue weighted by atomic mass is 9.92. The van der Waals surface area contributed by atoms with Crippen LogP contribution >= 0.6 is 0 Å². The van der Waals surface area contributed by atoms with E-state index in [1.165, 1.54) is 4.31 Å². The van der Waals surface area contributed by atoms with Crippen LogP contribution in [0.3, 0.4) is 0 Å². The van der Waals surface area contributed by atoms with Gasteiger partial charge in [0.05, 0.1) is 0 Å². The summed E-state index contributed by atoms with van der Waals surface area (Å²) in [6.07, 6.45) is 8.19. The summed E-state index contributed by atoms with van der Waals surface area (Å²) in [6, 6.07) is 4.09. The van der Waals surface area contributed by atoms with E-state index >= 15 is 0 Å². The fourth-order valence-electron chi connectivity index (χ4n) is 4.49. The third-order valence-corrected chi connectivity index (χ3v) is 8.31. The van der Waals surface area contributed by atoms with Crippen molar-refractivity contribution in [3.8, 4) is 0 Å². The molecule has 1 atom stereocenters. The molecular formula is C23H28F2N4O3S. The highest BCUT2D eigenvalue weighted by Crippen LogP contribution is 2.28. The van der Waals surface area contributed by atoms with E-state index in [1.807, 2.05) is 6.07 Å². The number of benzene rings is 1. The summed E-state index contributed by atoms with van der Waals surface area (Å²) in [7, 11) is -4.04. The Bertz CT molecular complexity index is 1080. The number of halogens is 2. The molecule has 1 aromatic carbocycles. The van der Waals surface area contributed by atoms with Crippen molar-refractivity contribution in [1.29, 1.82) is 0 Å². The minimum atomic E-state index is -4.04. The van der Waals surface area contributed by atoms with Gasteiger partial charge in [-0.05, 0) is 55.0 Å². The number of hydrogen-bond acceptors (Lipinski definition) is 5. The third-order valence-electron chi connectivity index (χ3n) is 6.40. The smallest absolute Gasteiger partial charge is 0.246 e. The molecule has 0 aliphatic carbocycles. The number of aromatic nitrogens is 1. The summed E-state index contributed by atoms with van der Waals surface area (Å²) in [6.45, 7) is 1.18. The molecule has 2 aliphatic rings. The average Bonchev–Trinajstić information content (AvgIpc) is 3.25. The van der Waals surface area contributed by atoms with Crippen molar-refractivity contribution in [2.75, 3.05) is 25.0 Å². The maximum atomic E-state index is 14.0. The van der Waals surface area contributed by atoms with Gasteiger partial charge in [0, 0.05) is 44.1 Å². The molecule has 2 aliphatic heterocycles. The Balaban J connectivity index is 1.15. The lowest BCUT2D eigenvalue weighted by Crippen LogP contribution is -2.39. The predicted molar refractivity (Wildman–Crippen MR) is 120 cm³/mol. The number of nitrogens with zero attached hydrogens (tertiary/aromatic N) is 2. The lowest BCUT2D eigenvalue weighted by Gasteiger charge is -2.31. The molecular weight excluding hydrogens is 450 g/mol. The van der Waals surface area contributed by atoms with Crippen LogP contribution in [0.2, 0.25) is 0 Å². The molecule has 2 N–H and O–H groups in total. The summed E-state index contributed by atoms with van der Waals surface area (Å²) in [4.78, 5) is 15.8. The first-order chi connectivity index (χ1) is 15.8. The number of carbonyl (C=O) groups is 1. The number of anilines is 1. The molecule has 1 saturated heterocycles. The van der Waals surface area contributed by atoms with Crippen molar-refractivity contribution in [2.24, 2.45) is 5.92 Å². The summed E-state index contributed by atoms with van der Waals surface area (Å²) in [5.41, 5.74) is 2.00. The first-order valence-corrected chi connectivity index (χ1v) is 12.7. The van der Waals surface area contributed by atoms with Crippen LogP contribution in [0.15, 0.2) is 41.6 Å². The van der Waals surface area contributed by atoms with Crippen molar-refractivity contribution in [2.45, 2.75) is 49.5 Å². The van der Waals surface area contributed by atoms with E-state index in [-0.39, 0.29) is 11.9 Å². The van der Waals surface area contributed by atoms with E-state index in [0.717, 1.165) is 48.7 Å². The minimum absolute atomic E-state index is 0.0192. The number of amides is 1. The molecule has 2 aromatic rings. The van der Waals surface area contributed by atoms with Crippen LogP contribution in [-0.2, 0) is 21.2 Å². The summed E-state index contributed by atoms with van der Waals surface area (Å²) in [5.74, 6) is -1.35. The van der Waals surface area contributed by atoms with Crippen molar-refractivity contribution in [3.05, 3.63) is 53.9 Å². The predicted octanol–water partition coefficient (Wildman–Crippen LogP) is 3.08. The molecule has 1 fully saturated rings. The van der Waals surface area contributed by atoms with Crippen LogP contribution in [0.5, 0.6) is 0 Å². The third kappa shape index (κ3) is 5.50. The van der Waals surface area contributed by atoms with E-state index in [4.69, 9.17) is 0 Å². The molecule has 7 nitrogen and oxygen atoms in total. The summed E-state index contributed by atoms with van der Waals surface area (Å²) < 4.78 is 54.0. The molecule has 0 radical (unpaired) electrons. The molecule has 1 amide bonds. The zero-order chi connectivity index (χ0) is 23.4. The number of carbonyl (C=O) groups excluding carboxylic acids is 1. The van der Waals surface area contributed by atoms with Gasteiger partial charge in [0.2, 0.25) is 15.9 Å². The maximum absolute atomic E-state index is 14.0. The Labute approximate surface area is 192 Å². The van der Waals surface area contributed by atoms with Gasteiger partial charge in [-0.1, -0.05) is 12.8 Å². The van der Waals surface area contributed by atoms with Gasteiger partial charge in [-0.25, -0.2) is 17.2 Å². The monoisotopic (exact) mass is 478 g/mol.